The summed E-state index contributed by atoms with van der Waals surface area (Å²) in [5, 5.41) is 3.24. The summed E-state index contributed by atoms with van der Waals surface area (Å²) < 4.78 is 5.16. The molecular formula is C17H36N4O. The van der Waals surface area contributed by atoms with Gasteiger partial charge < -0.3 is 15.8 Å². The molecule has 3 N–H and O–H groups in total. The molecular weight excluding hydrogens is 276 g/mol. The standard InChI is InChI=1S/C17H36N4O/c1-3-4-5-6-7-8-11-19-17(18)20-15-16-10-9-12-21(16)13-14-22-2/h16H,3-15H2,1-2H3,(H3,18,19,20). The highest BCUT2D eigenvalue weighted by Gasteiger charge is 2.23. The molecule has 1 unspecified atom stereocenters. The van der Waals surface area contributed by atoms with Crippen LogP contribution in [0.1, 0.15) is 58.3 Å². The van der Waals surface area contributed by atoms with E-state index < -0.39 is 0 Å². The first-order chi connectivity index (χ1) is 10.8. The maximum absolute atomic E-state index is 5.96. The van der Waals surface area contributed by atoms with Crippen molar-refractivity contribution >= 4 is 5.96 Å². The molecule has 0 spiro atoms. The molecule has 130 valence electrons. The van der Waals surface area contributed by atoms with Gasteiger partial charge in [-0.2, -0.15) is 0 Å². The number of hydrogen-bond acceptors (Lipinski definition) is 3. The number of methoxy groups -OCH3 is 1. The molecule has 1 fully saturated rings. The first kappa shape index (κ1) is 19.2. The number of rotatable bonds is 12. The smallest absolute Gasteiger partial charge is 0.188 e. The molecule has 22 heavy (non-hydrogen) atoms. The van der Waals surface area contributed by atoms with Crippen LogP contribution in [0.4, 0.5) is 0 Å². The summed E-state index contributed by atoms with van der Waals surface area (Å²) >= 11 is 0. The van der Waals surface area contributed by atoms with Crippen LogP contribution in [0.2, 0.25) is 0 Å². The lowest BCUT2D eigenvalue weighted by Crippen LogP contribution is -2.37. The minimum atomic E-state index is 0.532. The minimum absolute atomic E-state index is 0.532. The van der Waals surface area contributed by atoms with E-state index in [-0.39, 0.29) is 0 Å². The van der Waals surface area contributed by atoms with E-state index in [1.54, 1.807) is 7.11 Å². The van der Waals surface area contributed by atoms with Gasteiger partial charge in [-0.05, 0) is 25.8 Å². The number of nitrogens with zero attached hydrogens (tertiary/aromatic N) is 2. The van der Waals surface area contributed by atoms with Gasteiger partial charge in [-0.3, -0.25) is 9.89 Å². The highest BCUT2D eigenvalue weighted by atomic mass is 16.5. The zero-order valence-electron chi connectivity index (χ0n) is 14.6. The van der Waals surface area contributed by atoms with Crippen LogP contribution in [0.25, 0.3) is 0 Å². The molecule has 1 aliphatic rings. The molecule has 1 heterocycles. The van der Waals surface area contributed by atoms with Crippen molar-refractivity contribution < 1.29 is 4.74 Å². The Balaban J connectivity index is 2.09. The lowest BCUT2D eigenvalue weighted by atomic mass is 10.1. The third kappa shape index (κ3) is 8.59. The van der Waals surface area contributed by atoms with Crippen LogP contribution in [0.3, 0.4) is 0 Å². The molecule has 0 radical (unpaired) electrons. The summed E-state index contributed by atoms with van der Waals surface area (Å²) in [6.07, 6.45) is 10.3. The number of aliphatic imine (C=N–C) groups is 1. The quantitative estimate of drug-likeness (QED) is 0.330. The number of ether oxygens (including phenoxy) is 1. The lowest BCUT2D eigenvalue weighted by molar-refractivity contribution is 0.143. The van der Waals surface area contributed by atoms with Crippen LogP contribution in [0.5, 0.6) is 0 Å². The van der Waals surface area contributed by atoms with E-state index in [9.17, 15) is 0 Å². The van der Waals surface area contributed by atoms with Crippen molar-refractivity contribution in [1.82, 2.24) is 10.2 Å². The number of nitrogens with one attached hydrogen (secondary N) is 1. The van der Waals surface area contributed by atoms with E-state index in [2.05, 4.69) is 22.1 Å². The normalized spacial score (nSPS) is 19.7. The Hall–Kier alpha value is -0.810. The summed E-state index contributed by atoms with van der Waals surface area (Å²) in [5.41, 5.74) is 5.96. The molecule has 0 aromatic rings. The van der Waals surface area contributed by atoms with Crippen molar-refractivity contribution in [2.24, 2.45) is 10.7 Å². The molecule has 0 saturated carbocycles. The van der Waals surface area contributed by atoms with Crippen molar-refractivity contribution in [3.8, 4) is 0 Å². The number of hydrogen-bond donors (Lipinski definition) is 2. The third-order valence-electron chi connectivity index (χ3n) is 4.39. The van der Waals surface area contributed by atoms with Crippen LogP contribution in [0, 0.1) is 0 Å². The zero-order chi connectivity index (χ0) is 16.0. The van der Waals surface area contributed by atoms with Gasteiger partial charge in [-0.25, -0.2) is 0 Å². The SMILES string of the molecule is CCCCCCCCNC(N)=NCC1CCCN1CCOC. The average molecular weight is 313 g/mol. The molecule has 0 aromatic heterocycles. The van der Waals surface area contributed by atoms with Crippen LogP contribution >= 0.6 is 0 Å². The van der Waals surface area contributed by atoms with Gasteiger partial charge in [0.15, 0.2) is 5.96 Å². The number of guanidine groups is 1. The molecule has 0 aromatic carbocycles. The summed E-state index contributed by atoms with van der Waals surface area (Å²) in [6, 6.07) is 0.532. The van der Waals surface area contributed by atoms with Gasteiger partial charge in [-0.15, -0.1) is 0 Å². The van der Waals surface area contributed by atoms with Crippen molar-refractivity contribution in [2.45, 2.75) is 64.3 Å². The second kappa shape index (κ2) is 12.7. The Kier molecular flexibility index (Phi) is 11.1. The van der Waals surface area contributed by atoms with Crippen molar-refractivity contribution in [3.63, 3.8) is 0 Å². The first-order valence-corrected chi connectivity index (χ1v) is 9.04. The Morgan fingerprint density at radius 3 is 2.82 bits per heavy atom. The van der Waals surface area contributed by atoms with Gasteiger partial charge in [0.2, 0.25) is 0 Å². The van der Waals surface area contributed by atoms with Gasteiger partial charge in [0, 0.05) is 26.2 Å². The van der Waals surface area contributed by atoms with Crippen LogP contribution in [0.15, 0.2) is 4.99 Å². The van der Waals surface area contributed by atoms with Crippen molar-refractivity contribution in [3.05, 3.63) is 0 Å². The van der Waals surface area contributed by atoms with Crippen LogP contribution in [-0.2, 0) is 4.74 Å². The fraction of sp³-hybridized carbons (Fsp3) is 0.941. The predicted molar refractivity (Wildman–Crippen MR) is 94.3 cm³/mol. The van der Waals surface area contributed by atoms with Gasteiger partial charge in [0.25, 0.3) is 0 Å². The summed E-state index contributed by atoms with van der Waals surface area (Å²) in [7, 11) is 1.76. The fourth-order valence-electron chi connectivity index (χ4n) is 2.99. The van der Waals surface area contributed by atoms with E-state index >= 15 is 0 Å². The van der Waals surface area contributed by atoms with E-state index in [4.69, 9.17) is 10.5 Å². The topological polar surface area (TPSA) is 62.9 Å². The molecule has 0 aliphatic carbocycles. The molecule has 5 heteroatoms. The second-order valence-electron chi connectivity index (χ2n) is 6.25. The van der Waals surface area contributed by atoms with Crippen molar-refractivity contribution in [1.29, 1.82) is 0 Å². The van der Waals surface area contributed by atoms with E-state index in [0.717, 1.165) is 32.8 Å². The van der Waals surface area contributed by atoms with Gasteiger partial charge in [-0.1, -0.05) is 39.0 Å². The van der Waals surface area contributed by atoms with E-state index in [1.165, 1.54) is 51.4 Å². The van der Waals surface area contributed by atoms with Gasteiger partial charge in [0.05, 0.1) is 13.2 Å². The number of likely N-dealkylation sites (tertiary alicyclic amines) is 1. The first-order valence-electron chi connectivity index (χ1n) is 9.04. The Bertz CT molecular complexity index is 296. The lowest BCUT2D eigenvalue weighted by Gasteiger charge is -2.22. The van der Waals surface area contributed by atoms with Crippen LogP contribution in [-0.4, -0.2) is 56.8 Å². The molecule has 1 atom stereocenters. The summed E-state index contributed by atoms with van der Waals surface area (Å²) in [4.78, 5) is 6.98. The highest BCUT2D eigenvalue weighted by Crippen LogP contribution is 2.16. The molecule has 0 bridgehead atoms. The monoisotopic (exact) mass is 312 g/mol. The molecule has 1 aliphatic heterocycles. The molecule has 0 amide bonds. The van der Waals surface area contributed by atoms with Crippen LogP contribution < -0.4 is 11.1 Å². The number of nitrogens with two attached hydrogens (primary N) is 1. The Morgan fingerprint density at radius 1 is 1.27 bits per heavy atom. The molecule has 1 saturated heterocycles. The predicted octanol–water partition coefficient (Wildman–Crippen LogP) is 2.36. The highest BCUT2D eigenvalue weighted by molar-refractivity contribution is 5.77. The van der Waals surface area contributed by atoms with E-state index in [0.29, 0.717) is 12.0 Å². The zero-order valence-corrected chi connectivity index (χ0v) is 14.6. The molecule has 5 nitrogen and oxygen atoms in total. The third-order valence-corrected chi connectivity index (χ3v) is 4.39. The van der Waals surface area contributed by atoms with E-state index in [1.807, 2.05) is 0 Å². The summed E-state index contributed by atoms with van der Waals surface area (Å²) in [6.45, 7) is 6.96. The Labute approximate surface area is 136 Å². The fourth-order valence-corrected chi connectivity index (χ4v) is 2.99. The van der Waals surface area contributed by atoms with Gasteiger partial charge in [0.1, 0.15) is 0 Å². The molecule has 1 rings (SSSR count). The maximum Gasteiger partial charge on any atom is 0.188 e. The summed E-state index contributed by atoms with van der Waals surface area (Å²) in [5.74, 6) is 0.604. The van der Waals surface area contributed by atoms with Crippen molar-refractivity contribution in [2.75, 3.05) is 39.9 Å². The number of unbranched alkanes of at least 4 members (excludes halogenated alkanes) is 5. The average Bonchev–Trinajstić information content (AvgIpc) is 2.97. The second-order valence-corrected chi connectivity index (χ2v) is 6.25. The maximum atomic E-state index is 5.96. The van der Waals surface area contributed by atoms with Gasteiger partial charge >= 0.3 is 0 Å². The minimum Gasteiger partial charge on any atom is -0.383 e. The largest absolute Gasteiger partial charge is 0.383 e. The Morgan fingerprint density at radius 2 is 2.05 bits per heavy atom.